The summed E-state index contributed by atoms with van der Waals surface area (Å²) in [5.41, 5.74) is 2.09. The Morgan fingerprint density at radius 3 is 2.11 bits per heavy atom. The first-order chi connectivity index (χ1) is 9.19. The summed E-state index contributed by atoms with van der Waals surface area (Å²) < 4.78 is 0.991. The smallest absolute Gasteiger partial charge is 0.140 e. The summed E-state index contributed by atoms with van der Waals surface area (Å²) >= 11 is 3.35. The van der Waals surface area contributed by atoms with E-state index in [0.29, 0.717) is 11.1 Å². The molecule has 0 aliphatic carbocycles. The minimum Gasteiger partial charge on any atom is -0.376 e. The average molecular weight is 312 g/mol. The van der Waals surface area contributed by atoms with Gasteiger partial charge in [0.05, 0.1) is 11.6 Å². The number of hydrogen-bond donors (Lipinski definition) is 1. The Hall–Kier alpha value is -2.07. The molecule has 1 N–H and O–H groups in total. The van der Waals surface area contributed by atoms with E-state index in [-0.39, 0.29) is 0 Å². The number of halogens is 1. The van der Waals surface area contributed by atoms with Gasteiger partial charge in [0.2, 0.25) is 0 Å². The molecule has 3 heteroatoms. The topological polar surface area (TPSA) is 44.0 Å². The number of benzene rings is 2. The van der Waals surface area contributed by atoms with Gasteiger partial charge in [-0.05, 0) is 42.0 Å². The van der Waals surface area contributed by atoms with Crippen LogP contribution in [0.25, 0.3) is 0 Å². The van der Waals surface area contributed by atoms with Gasteiger partial charge in [-0.25, -0.2) is 0 Å². The second kappa shape index (κ2) is 6.20. The van der Waals surface area contributed by atoms with Gasteiger partial charge in [-0.2, -0.15) is 5.26 Å². The van der Waals surface area contributed by atoms with Gasteiger partial charge in [0.1, 0.15) is 6.10 Å². The first-order valence-corrected chi connectivity index (χ1v) is 6.43. The summed E-state index contributed by atoms with van der Waals surface area (Å²) in [4.78, 5) is 0. The van der Waals surface area contributed by atoms with Gasteiger partial charge in [0.15, 0.2) is 0 Å². The molecule has 0 amide bonds. The molecule has 0 saturated heterocycles. The van der Waals surface area contributed by atoms with E-state index < -0.39 is 6.10 Å². The van der Waals surface area contributed by atoms with E-state index in [4.69, 9.17) is 5.26 Å². The van der Waals surface area contributed by atoms with Crippen LogP contribution in [0, 0.1) is 23.2 Å². The molecule has 0 radical (unpaired) electrons. The Balaban J connectivity index is 2.14. The average Bonchev–Trinajstić information content (AvgIpc) is 2.46. The summed E-state index contributed by atoms with van der Waals surface area (Å²) in [5, 5.41) is 18.6. The fourth-order valence-electron chi connectivity index (χ4n) is 1.51. The zero-order valence-corrected chi connectivity index (χ0v) is 11.6. The van der Waals surface area contributed by atoms with Crippen LogP contribution in [0.3, 0.4) is 0 Å². The molecule has 0 spiro atoms. The quantitative estimate of drug-likeness (QED) is 0.820. The highest BCUT2D eigenvalue weighted by Gasteiger charge is 2.02. The van der Waals surface area contributed by atoms with Crippen molar-refractivity contribution in [1.82, 2.24) is 0 Å². The van der Waals surface area contributed by atoms with Crippen LogP contribution >= 0.6 is 15.9 Å². The minimum atomic E-state index is -0.851. The van der Waals surface area contributed by atoms with E-state index in [1.54, 1.807) is 24.3 Å². The number of nitriles is 1. The summed E-state index contributed by atoms with van der Waals surface area (Å²) in [6.07, 6.45) is -0.851. The number of rotatable bonds is 1. The van der Waals surface area contributed by atoms with E-state index >= 15 is 0 Å². The van der Waals surface area contributed by atoms with E-state index in [1.165, 1.54) is 0 Å². The van der Waals surface area contributed by atoms with Gasteiger partial charge in [-0.15, -0.1) is 0 Å². The van der Waals surface area contributed by atoms with Gasteiger partial charge in [-0.3, -0.25) is 0 Å². The molecule has 1 unspecified atom stereocenters. The van der Waals surface area contributed by atoms with Crippen molar-refractivity contribution in [2.45, 2.75) is 6.10 Å². The fraction of sp³-hybridized carbons (Fsp3) is 0.0625. The summed E-state index contributed by atoms with van der Waals surface area (Å²) in [7, 11) is 0. The summed E-state index contributed by atoms with van der Waals surface area (Å²) in [6.45, 7) is 0. The van der Waals surface area contributed by atoms with Gasteiger partial charge >= 0.3 is 0 Å². The highest BCUT2D eigenvalue weighted by Crippen LogP contribution is 2.13. The van der Waals surface area contributed by atoms with E-state index in [0.717, 1.165) is 10.0 Å². The van der Waals surface area contributed by atoms with E-state index in [9.17, 15) is 5.11 Å². The second-order valence-corrected chi connectivity index (χ2v) is 4.83. The minimum absolute atomic E-state index is 0.566. The van der Waals surface area contributed by atoms with Crippen LogP contribution in [-0.4, -0.2) is 5.11 Å². The van der Waals surface area contributed by atoms with Crippen LogP contribution in [0.15, 0.2) is 53.0 Å². The molecule has 0 saturated carbocycles. The lowest BCUT2D eigenvalue weighted by molar-refractivity contribution is 0.238. The van der Waals surface area contributed by atoms with Crippen LogP contribution < -0.4 is 0 Å². The summed E-state index contributed by atoms with van der Waals surface area (Å²) in [6, 6.07) is 16.3. The molecule has 2 aromatic rings. The van der Waals surface area contributed by atoms with E-state index in [1.807, 2.05) is 30.3 Å². The number of aliphatic hydroxyl groups excluding tert-OH is 1. The second-order valence-electron chi connectivity index (χ2n) is 3.91. The SMILES string of the molecule is N#Cc1ccc(C(O)C#Cc2ccc(Br)cc2)cc1. The molecule has 0 heterocycles. The first-order valence-electron chi connectivity index (χ1n) is 5.64. The first kappa shape index (κ1) is 13.4. The van der Waals surface area contributed by atoms with Crippen molar-refractivity contribution in [3.05, 3.63) is 69.7 Å². The van der Waals surface area contributed by atoms with Crippen molar-refractivity contribution >= 4 is 15.9 Å². The Morgan fingerprint density at radius 2 is 1.53 bits per heavy atom. The molecular weight excluding hydrogens is 302 g/mol. The Labute approximate surface area is 120 Å². The molecule has 92 valence electrons. The van der Waals surface area contributed by atoms with Crippen LogP contribution in [0.5, 0.6) is 0 Å². The molecule has 19 heavy (non-hydrogen) atoms. The number of hydrogen-bond acceptors (Lipinski definition) is 2. The lowest BCUT2D eigenvalue weighted by Crippen LogP contribution is -1.93. The maximum absolute atomic E-state index is 9.93. The Kier molecular flexibility index (Phi) is 4.36. The zero-order chi connectivity index (χ0) is 13.7. The van der Waals surface area contributed by atoms with Crippen LogP contribution in [-0.2, 0) is 0 Å². The summed E-state index contributed by atoms with van der Waals surface area (Å²) in [5.74, 6) is 5.69. The Bertz CT molecular complexity index is 657. The number of nitrogens with zero attached hydrogens (tertiary/aromatic N) is 1. The van der Waals surface area contributed by atoms with Gasteiger partial charge in [-0.1, -0.05) is 39.9 Å². The van der Waals surface area contributed by atoms with Crippen molar-refractivity contribution in [2.75, 3.05) is 0 Å². The van der Waals surface area contributed by atoms with Crippen molar-refractivity contribution in [2.24, 2.45) is 0 Å². The van der Waals surface area contributed by atoms with E-state index in [2.05, 4.69) is 27.8 Å². The van der Waals surface area contributed by atoms with Crippen LogP contribution in [0.2, 0.25) is 0 Å². The largest absolute Gasteiger partial charge is 0.376 e. The maximum Gasteiger partial charge on any atom is 0.140 e. The van der Waals surface area contributed by atoms with Crippen LogP contribution in [0.1, 0.15) is 22.8 Å². The predicted molar refractivity (Wildman–Crippen MR) is 77.1 cm³/mol. The lowest BCUT2D eigenvalue weighted by Gasteiger charge is -2.02. The van der Waals surface area contributed by atoms with Crippen molar-refractivity contribution in [3.8, 4) is 17.9 Å². The fourth-order valence-corrected chi connectivity index (χ4v) is 1.77. The molecule has 0 bridgehead atoms. The van der Waals surface area contributed by atoms with Gasteiger partial charge in [0.25, 0.3) is 0 Å². The zero-order valence-electron chi connectivity index (χ0n) is 9.97. The molecule has 2 rings (SSSR count). The molecular formula is C16H10BrNO. The van der Waals surface area contributed by atoms with Crippen molar-refractivity contribution in [1.29, 1.82) is 5.26 Å². The molecule has 0 fully saturated rings. The molecule has 1 atom stereocenters. The highest BCUT2D eigenvalue weighted by atomic mass is 79.9. The Morgan fingerprint density at radius 1 is 0.947 bits per heavy atom. The monoisotopic (exact) mass is 311 g/mol. The standard InChI is InChI=1S/C16H10BrNO/c17-15-8-3-12(4-9-15)5-10-16(19)14-6-1-13(11-18)2-7-14/h1-4,6-9,16,19H. The van der Waals surface area contributed by atoms with Crippen LogP contribution in [0.4, 0.5) is 0 Å². The molecule has 2 nitrogen and oxygen atoms in total. The van der Waals surface area contributed by atoms with Crippen molar-refractivity contribution in [3.63, 3.8) is 0 Å². The molecule has 0 aliphatic heterocycles. The predicted octanol–water partition coefficient (Wildman–Crippen LogP) is 3.41. The molecule has 0 aliphatic rings. The molecule has 2 aromatic carbocycles. The third-order valence-electron chi connectivity index (χ3n) is 2.55. The maximum atomic E-state index is 9.93. The number of aliphatic hydroxyl groups is 1. The highest BCUT2D eigenvalue weighted by molar-refractivity contribution is 9.10. The third kappa shape index (κ3) is 3.69. The lowest BCUT2D eigenvalue weighted by atomic mass is 10.1. The van der Waals surface area contributed by atoms with Crippen molar-refractivity contribution < 1.29 is 5.11 Å². The van der Waals surface area contributed by atoms with Gasteiger partial charge < -0.3 is 5.11 Å². The van der Waals surface area contributed by atoms with Gasteiger partial charge in [0, 0.05) is 10.0 Å². The normalized spacial score (nSPS) is 11.0. The third-order valence-corrected chi connectivity index (χ3v) is 3.08. The molecule has 0 aromatic heterocycles.